The van der Waals surface area contributed by atoms with E-state index in [1.807, 2.05) is 19.1 Å². The third kappa shape index (κ3) is 5.19. The molecule has 0 radical (unpaired) electrons. The molecule has 33 heavy (non-hydrogen) atoms. The van der Waals surface area contributed by atoms with Gasteiger partial charge in [0, 0.05) is 30.8 Å². The number of hydrogen-bond donors (Lipinski definition) is 0. The molecule has 1 heterocycles. The van der Waals surface area contributed by atoms with Gasteiger partial charge < -0.3 is 14.4 Å². The number of carbonyl (C=O) groups excluding carboxylic acids is 1. The highest BCUT2D eigenvalue weighted by Crippen LogP contribution is 2.38. The number of hydrogen-bond acceptors (Lipinski definition) is 5. The average Bonchev–Trinajstić information content (AvgIpc) is 2.87. The Morgan fingerprint density at radius 1 is 1.12 bits per heavy atom. The first-order valence-electron chi connectivity index (χ1n) is 11.7. The van der Waals surface area contributed by atoms with Crippen LogP contribution in [-0.2, 0) is 17.6 Å². The van der Waals surface area contributed by atoms with Crippen LogP contribution in [0.15, 0.2) is 60.9 Å². The second-order valence-electron chi connectivity index (χ2n) is 8.52. The number of esters is 1. The van der Waals surface area contributed by atoms with Crippen LogP contribution < -0.4 is 9.64 Å². The van der Waals surface area contributed by atoms with Crippen molar-refractivity contribution in [3.05, 3.63) is 83.2 Å². The van der Waals surface area contributed by atoms with Crippen molar-refractivity contribution in [1.82, 2.24) is 4.98 Å². The predicted octanol–water partition coefficient (Wildman–Crippen LogP) is 6.09. The Morgan fingerprint density at radius 3 is 2.67 bits per heavy atom. The largest absolute Gasteiger partial charge is 0.494 e. The number of pyridine rings is 1. The molecule has 1 aliphatic rings. The number of methoxy groups -OCH3 is 1. The van der Waals surface area contributed by atoms with E-state index in [0.717, 1.165) is 36.3 Å². The Balaban J connectivity index is 1.49. The molecule has 0 fully saturated rings. The Morgan fingerprint density at radius 2 is 1.91 bits per heavy atom. The van der Waals surface area contributed by atoms with Crippen LogP contribution in [-0.4, -0.2) is 31.7 Å². The lowest BCUT2D eigenvalue weighted by molar-refractivity contribution is 0.0599. The lowest BCUT2D eigenvalue weighted by atomic mass is 9.79. The fourth-order valence-corrected chi connectivity index (χ4v) is 4.76. The summed E-state index contributed by atoms with van der Waals surface area (Å²) >= 11 is 0. The van der Waals surface area contributed by atoms with Gasteiger partial charge in [-0.15, -0.1) is 0 Å². The highest BCUT2D eigenvalue weighted by Gasteiger charge is 2.22. The quantitative estimate of drug-likeness (QED) is 0.394. The molecule has 5 heteroatoms. The van der Waals surface area contributed by atoms with Crippen LogP contribution in [0.4, 0.5) is 11.4 Å². The minimum absolute atomic E-state index is 0.293. The number of benzene rings is 2. The summed E-state index contributed by atoms with van der Waals surface area (Å²) in [6.45, 7) is 2.67. The van der Waals surface area contributed by atoms with Crippen LogP contribution in [0.25, 0.3) is 0 Å². The van der Waals surface area contributed by atoms with Gasteiger partial charge >= 0.3 is 5.97 Å². The molecule has 1 atom stereocenters. The van der Waals surface area contributed by atoms with Gasteiger partial charge in [-0.05, 0) is 104 Å². The van der Waals surface area contributed by atoms with Crippen LogP contribution in [0.3, 0.4) is 0 Å². The van der Waals surface area contributed by atoms with Crippen LogP contribution in [0.5, 0.6) is 5.75 Å². The highest BCUT2D eigenvalue weighted by atomic mass is 16.5. The number of aryl methyl sites for hydroxylation is 2. The van der Waals surface area contributed by atoms with Gasteiger partial charge in [-0.2, -0.15) is 0 Å². The lowest BCUT2D eigenvalue weighted by Gasteiger charge is -2.28. The molecule has 172 valence electrons. The number of fused-ring (bicyclic) bond motifs is 1. The van der Waals surface area contributed by atoms with Gasteiger partial charge in [0.1, 0.15) is 5.75 Å². The van der Waals surface area contributed by atoms with Gasteiger partial charge in [-0.25, -0.2) is 4.79 Å². The van der Waals surface area contributed by atoms with Crippen LogP contribution >= 0.6 is 0 Å². The molecule has 1 aliphatic carbocycles. The second-order valence-corrected chi connectivity index (χ2v) is 8.52. The van der Waals surface area contributed by atoms with Crippen LogP contribution in [0, 0.1) is 0 Å². The van der Waals surface area contributed by atoms with E-state index in [0.29, 0.717) is 18.1 Å². The highest BCUT2D eigenvalue weighted by molar-refractivity contribution is 5.90. The molecule has 0 N–H and O–H groups in total. The van der Waals surface area contributed by atoms with E-state index in [1.54, 1.807) is 18.5 Å². The van der Waals surface area contributed by atoms with Gasteiger partial charge in [0.15, 0.2) is 0 Å². The van der Waals surface area contributed by atoms with E-state index in [1.165, 1.54) is 36.8 Å². The molecule has 4 rings (SSSR count). The van der Waals surface area contributed by atoms with Gasteiger partial charge in [0.25, 0.3) is 0 Å². The van der Waals surface area contributed by atoms with E-state index in [2.05, 4.69) is 47.3 Å². The van der Waals surface area contributed by atoms with E-state index in [-0.39, 0.29) is 5.97 Å². The maximum atomic E-state index is 12.1. The maximum Gasteiger partial charge on any atom is 0.338 e. The molecule has 0 saturated heterocycles. The summed E-state index contributed by atoms with van der Waals surface area (Å²) in [7, 11) is 3.53. The van der Waals surface area contributed by atoms with E-state index < -0.39 is 0 Å². The van der Waals surface area contributed by atoms with Crippen molar-refractivity contribution >= 4 is 17.3 Å². The summed E-state index contributed by atoms with van der Waals surface area (Å²) in [5.41, 5.74) is 6.78. The van der Waals surface area contributed by atoms with Crippen LogP contribution in [0.2, 0.25) is 0 Å². The van der Waals surface area contributed by atoms with Crippen molar-refractivity contribution in [1.29, 1.82) is 0 Å². The van der Waals surface area contributed by atoms with Crippen molar-refractivity contribution in [3.8, 4) is 5.75 Å². The van der Waals surface area contributed by atoms with Gasteiger partial charge in [-0.1, -0.05) is 6.07 Å². The Kier molecular flexibility index (Phi) is 7.28. The van der Waals surface area contributed by atoms with Gasteiger partial charge in [0.2, 0.25) is 0 Å². The summed E-state index contributed by atoms with van der Waals surface area (Å²) in [6.07, 6.45) is 8.72. The molecular weight excluding hydrogens is 412 g/mol. The van der Waals surface area contributed by atoms with Crippen molar-refractivity contribution in [2.45, 2.75) is 44.9 Å². The zero-order valence-corrected chi connectivity index (χ0v) is 19.7. The summed E-state index contributed by atoms with van der Waals surface area (Å²) < 4.78 is 10.5. The first kappa shape index (κ1) is 22.8. The first-order valence-corrected chi connectivity index (χ1v) is 11.7. The van der Waals surface area contributed by atoms with Crippen molar-refractivity contribution in [2.75, 3.05) is 25.7 Å². The zero-order valence-electron chi connectivity index (χ0n) is 19.7. The number of anilines is 2. The molecule has 3 aromatic rings. The van der Waals surface area contributed by atoms with Gasteiger partial charge in [-0.3, -0.25) is 4.98 Å². The number of carbonyl (C=O) groups is 1. The van der Waals surface area contributed by atoms with E-state index in [9.17, 15) is 4.79 Å². The Labute approximate surface area is 196 Å². The fraction of sp³-hybridized carbons (Fsp3) is 0.357. The van der Waals surface area contributed by atoms with E-state index >= 15 is 0 Å². The number of aromatic nitrogens is 1. The summed E-state index contributed by atoms with van der Waals surface area (Å²) in [6, 6.07) is 16.8. The fourth-order valence-electron chi connectivity index (χ4n) is 4.76. The van der Waals surface area contributed by atoms with Crippen molar-refractivity contribution in [3.63, 3.8) is 0 Å². The maximum absolute atomic E-state index is 12.1. The molecule has 0 bridgehead atoms. The smallest absolute Gasteiger partial charge is 0.338 e. The first-order chi connectivity index (χ1) is 16.1. The zero-order chi connectivity index (χ0) is 23.2. The monoisotopic (exact) mass is 444 g/mol. The molecule has 0 spiro atoms. The SMILES string of the molecule is CCOc1ccc(N(C)c2ccc3c(c2)CCC[C@H]3CCc2cnccc2C(=O)OC)cc1. The van der Waals surface area contributed by atoms with Gasteiger partial charge in [0.05, 0.1) is 19.3 Å². The molecule has 2 aromatic carbocycles. The topological polar surface area (TPSA) is 51.7 Å². The second kappa shape index (κ2) is 10.5. The molecule has 0 amide bonds. The number of rotatable bonds is 8. The normalized spacial score (nSPS) is 14.9. The molecule has 1 aromatic heterocycles. The van der Waals surface area contributed by atoms with Crippen molar-refractivity contribution < 1.29 is 14.3 Å². The molecule has 0 saturated carbocycles. The lowest BCUT2D eigenvalue weighted by Crippen LogP contribution is -2.14. The predicted molar refractivity (Wildman–Crippen MR) is 132 cm³/mol. The van der Waals surface area contributed by atoms with E-state index in [4.69, 9.17) is 9.47 Å². The van der Waals surface area contributed by atoms with Crippen LogP contribution in [0.1, 0.15) is 59.2 Å². The standard InChI is InChI=1S/C28H32N2O3/c1-4-33-25-13-10-23(11-14-25)30(2)24-12-15-26-20(6-5-7-21(26)18-24)8-9-22-19-29-17-16-27(22)28(31)32-3/h10-20H,4-9H2,1-3H3/t20-/m0/s1. The summed E-state index contributed by atoms with van der Waals surface area (Å²) in [4.78, 5) is 18.5. The average molecular weight is 445 g/mol. The third-order valence-corrected chi connectivity index (χ3v) is 6.56. The third-order valence-electron chi connectivity index (χ3n) is 6.56. The Bertz CT molecular complexity index is 1090. The minimum atomic E-state index is -0.293. The number of ether oxygens (including phenoxy) is 2. The summed E-state index contributed by atoms with van der Waals surface area (Å²) in [5, 5.41) is 0. The minimum Gasteiger partial charge on any atom is -0.494 e. The Hall–Kier alpha value is -3.34. The molecular formula is C28H32N2O3. The summed E-state index contributed by atoms with van der Waals surface area (Å²) in [5.74, 6) is 1.09. The molecule has 0 unspecified atom stereocenters. The van der Waals surface area contributed by atoms with Crippen molar-refractivity contribution in [2.24, 2.45) is 0 Å². The molecule has 0 aliphatic heterocycles. The molecule has 5 nitrogen and oxygen atoms in total. The number of nitrogens with zero attached hydrogens (tertiary/aromatic N) is 2.